The average molecular weight is 1270 g/mol. The Kier molecular flexibility index (Phi) is 47.4. The third-order valence-electron chi connectivity index (χ3n) is 17.6. The number of ether oxygens (including phenoxy) is 6. The number of carbonyl (C=O) groups is 1. The first-order valence-corrected chi connectivity index (χ1v) is 35.4. The summed E-state index contributed by atoms with van der Waals surface area (Å²) in [5, 5.41) is 120. The van der Waals surface area contributed by atoms with Crippen LogP contribution >= 0.6 is 0 Å². The molecular weight excluding hydrogens is 1140 g/mol. The zero-order valence-corrected chi connectivity index (χ0v) is 54.9. The van der Waals surface area contributed by atoms with Crippen LogP contribution < -0.4 is 5.32 Å². The van der Waals surface area contributed by atoms with E-state index in [1.165, 1.54) is 167 Å². The van der Waals surface area contributed by atoms with Gasteiger partial charge in [-0.2, -0.15) is 0 Å². The number of hydrogen-bond acceptors (Lipinski definition) is 18. The van der Waals surface area contributed by atoms with E-state index in [9.17, 15) is 61.0 Å². The molecule has 3 saturated heterocycles. The van der Waals surface area contributed by atoms with Gasteiger partial charge in [0.15, 0.2) is 18.9 Å². The Bertz CT molecular complexity index is 1800. The lowest BCUT2D eigenvalue weighted by molar-refractivity contribution is -0.379. The van der Waals surface area contributed by atoms with Gasteiger partial charge < -0.3 is 89.9 Å². The van der Waals surface area contributed by atoms with Crippen molar-refractivity contribution in [3.63, 3.8) is 0 Å². The number of nitrogens with one attached hydrogen (secondary N) is 1. The minimum absolute atomic E-state index is 0.207. The molecule has 19 heteroatoms. The molecule has 0 aromatic rings. The van der Waals surface area contributed by atoms with Gasteiger partial charge in [-0.1, -0.05) is 249 Å². The van der Waals surface area contributed by atoms with Crippen LogP contribution in [0.3, 0.4) is 0 Å². The first-order valence-electron chi connectivity index (χ1n) is 35.4. The van der Waals surface area contributed by atoms with E-state index < -0.39 is 124 Å². The minimum Gasteiger partial charge on any atom is -0.394 e. The van der Waals surface area contributed by atoms with Crippen molar-refractivity contribution in [3.05, 3.63) is 48.6 Å². The SMILES string of the molecule is CC/C=C\C/C=C\C/C=C\CCCCCC(=O)NC(COC1OC(CO)C(OC2OC(CO)C(OC3OC(CO)C(O)C(O)C3O)C(O)C2O)C(O)C1O)C(O)/C=C/CCCCCCCCCCCCCCCCCCCCCCCCCCCCCCC. The lowest BCUT2D eigenvalue weighted by Crippen LogP contribution is -2.66. The van der Waals surface area contributed by atoms with E-state index in [1.54, 1.807) is 6.08 Å². The van der Waals surface area contributed by atoms with Crippen molar-refractivity contribution < 1.29 is 89.4 Å². The Hall–Kier alpha value is -2.25. The van der Waals surface area contributed by atoms with Crippen molar-refractivity contribution in [2.75, 3.05) is 26.4 Å². The number of allylic oxidation sites excluding steroid dienone is 7. The first-order chi connectivity index (χ1) is 43.3. The van der Waals surface area contributed by atoms with E-state index in [2.05, 4.69) is 55.6 Å². The maximum Gasteiger partial charge on any atom is 0.220 e. The van der Waals surface area contributed by atoms with Crippen LogP contribution in [-0.4, -0.2) is 193 Å². The molecule has 0 radical (unpaired) electrons. The summed E-state index contributed by atoms with van der Waals surface area (Å²) in [5.74, 6) is -0.304. The number of aliphatic hydroxyl groups excluding tert-OH is 11. The van der Waals surface area contributed by atoms with Gasteiger partial charge in [-0.15, -0.1) is 0 Å². The van der Waals surface area contributed by atoms with Crippen LogP contribution in [0.25, 0.3) is 0 Å². The molecule has 0 aromatic heterocycles. The predicted octanol–water partition coefficient (Wildman–Crippen LogP) is 9.39. The second kappa shape index (κ2) is 52.1. The molecule has 0 saturated carbocycles. The largest absolute Gasteiger partial charge is 0.394 e. The topological polar surface area (TPSA) is 307 Å². The molecule has 3 rings (SSSR count). The van der Waals surface area contributed by atoms with Gasteiger partial charge in [0.1, 0.15) is 73.2 Å². The molecule has 17 atom stereocenters. The van der Waals surface area contributed by atoms with E-state index in [4.69, 9.17) is 28.4 Å². The summed E-state index contributed by atoms with van der Waals surface area (Å²) < 4.78 is 34.3. The van der Waals surface area contributed by atoms with Crippen molar-refractivity contribution in [3.8, 4) is 0 Å². The van der Waals surface area contributed by atoms with Gasteiger partial charge in [-0.05, 0) is 51.4 Å². The summed E-state index contributed by atoms with van der Waals surface area (Å²) in [6.07, 6.45) is 35.5. The molecular formula is C70H127NO18. The van der Waals surface area contributed by atoms with Crippen molar-refractivity contribution in [2.45, 2.75) is 362 Å². The molecule has 89 heavy (non-hydrogen) atoms. The average Bonchev–Trinajstić information content (AvgIpc) is 2.38. The number of aliphatic hydroxyl groups is 11. The summed E-state index contributed by atoms with van der Waals surface area (Å²) in [7, 11) is 0. The second-order valence-corrected chi connectivity index (χ2v) is 25.3. The molecule has 3 aliphatic heterocycles. The Balaban J connectivity index is 1.38. The quantitative estimate of drug-likeness (QED) is 0.0199. The number of carbonyl (C=O) groups excluding carboxylic acids is 1. The molecule has 0 bridgehead atoms. The highest BCUT2D eigenvalue weighted by atomic mass is 16.8. The lowest BCUT2D eigenvalue weighted by atomic mass is 9.96. The van der Waals surface area contributed by atoms with E-state index in [1.807, 2.05) is 6.08 Å². The van der Waals surface area contributed by atoms with Crippen molar-refractivity contribution in [2.24, 2.45) is 0 Å². The molecule has 12 N–H and O–H groups in total. The molecule has 3 fully saturated rings. The van der Waals surface area contributed by atoms with E-state index in [-0.39, 0.29) is 18.9 Å². The Labute approximate surface area is 535 Å². The van der Waals surface area contributed by atoms with Gasteiger partial charge in [0.05, 0.1) is 38.6 Å². The molecule has 19 nitrogen and oxygen atoms in total. The monoisotopic (exact) mass is 1270 g/mol. The van der Waals surface area contributed by atoms with Crippen LogP contribution in [-0.2, 0) is 33.2 Å². The maximum absolute atomic E-state index is 13.3. The van der Waals surface area contributed by atoms with Gasteiger partial charge in [0.25, 0.3) is 0 Å². The van der Waals surface area contributed by atoms with Gasteiger partial charge in [0.2, 0.25) is 5.91 Å². The van der Waals surface area contributed by atoms with Gasteiger partial charge in [-0.25, -0.2) is 0 Å². The molecule has 0 aliphatic carbocycles. The fourth-order valence-electron chi connectivity index (χ4n) is 11.9. The third-order valence-corrected chi connectivity index (χ3v) is 17.6. The smallest absolute Gasteiger partial charge is 0.220 e. The minimum atomic E-state index is -1.98. The molecule has 3 heterocycles. The Morgan fingerprint density at radius 1 is 0.416 bits per heavy atom. The number of hydrogen-bond donors (Lipinski definition) is 12. The summed E-state index contributed by atoms with van der Waals surface area (Å²) >= 11 is 0. The van der Waals surface area contributed by atoms with Crippen molar-refractivity contribution in [1.82, 2.24) is 5.32 Å². The normalized spacial score (nSPS) is 28.5. The van der Waals surface area contributed by atoms with Crippen LogP contribution in [0, 0.1) is 0 Å². The summed E-state index contributed by atoms with van der Waals surface area (Å²) in [6.45, 7) is 1.60. The zero-order chi connectivity index (χ0) is 64.7. The molecule has 0 spiro atoms. The zero-order valence-electron chi connectivity index (χ0n) is 54.9. The molecule has 520 valence electrons. The van der Waals surface area contributed by atoms with Crippen LogP contribution in [0.5, 0.6) is 0 Å². The van der Waals surface area contributed by atoms with Crippen molar-refractivity contribution in [1.29, 1.82) is 0 Å². The molecule has 0 aromatic carbocycles. The van der Waals surface area contributed by atoms with Gasteiger partial charge >= 0.3 is 0 Å². The number of unbranched alkanes of at least 4 members (excludes halogenated alkanes) is 32. The van der Waals surface area contributed by atoms with E-state index >= 15 is 0 Å². The molecule has 17 unspecified atom stereocenters. The molecule has 1 amide bonds. The highest BCUT2D eigenvalue weighted by molar-refractivity contribution is 5.76. The number of amides is 1. The van der Waals surface area contributed by atoms with Crippen LogP contribution in [0.2, 0.25) is 0 Å². The summed E-state index contributed by atoms with van der Waals surface area (Å²) in [4.78, 5) is 13.3. The fraction of sp³-hybridized carbons (Fsp3) is 0.871. The molecule has 3 aliphatic rings. The lowest BCUT2D eigenvalue weighted by Gasteiger charge is -2.48. The Morgan fingerprint density at radius 3 is 1.21 bits per heavy atom. The summed E-state index contributed by atoms with van der Waals surface area (Å²) in [6, 6.07) is -0.990. The maximum atomic E-state index is 13.3. The standard InChI is InChI=1S/C70H127NO18/c1-3-5-7-9-11-13-15-17-18-19-20-21-22-23-24-25-26-27-28-29-30-31-32-33-34-36-37-39-41-43-45-47-54(75)53(71-58(76)48-46-44-42-40-38-35-16-14-12-10-8-6-4-2)52-84-68-64(82)61(79)66(56(50-73)86-68)89-70-65(83)62(80)67(57(51-74)87-70)88-69-63(81)60(78)59(77)55(49-72)85-69/h6,8,12,14,35,38,45,47,53-57,59-70,72-75,77-83H,3-5,7,9-11,13,15-34,36-37,39-44,46,48-52H2,1-2H3,(H,71,76)/b8-6-,14-12-,38-35-,47-45+. The van der Waals surface area contributed by atoms with Crippen LogP contribution in [0.15, 0.2) is 48.6 Å². The summed E-state index contributed by atoms with van der Waals surface area (Å²) in [5.41, 5.74) is 0. The number of rotatable bonds is 54. The van der Waals surface area contributed by atoms with E-state index in [0.717, 1.165) is 64.2 Å². The van der Waals surface area contributed by atoms with Gasteiger partial charge in [-0.3, -0.25) is 4.79 Å². The highest BCUT2D eigenvalue weighted by Gasteiger charge is 2.53. The third kappa shape index (κ3) is 34.1. The van der Waals surface area contributed by atoms with Crippen LogP contribution in [0.1, 0.15) is 258 Å². The van der Waals surface area contributed by atoms with Crippen molar-refractivity contribution >= 4 is 5.91 Å². The fourth-order valence-corrected chi connectivity index (χ4v) is 11.9. The van der Waals surface area contributed by atoms with Gasteiger partial charge in [0, 0.05) is 6.42 Å². The predicted molar refractivity (Wildman–Crippen MR) is 346 cm³/mol. The Morgan fingerprint density at radius 2 is 0.775 bits per heavy atom. The van der Waals surface area contributed by atoms with E-state index in [0.29, 0.717) is 6.42 Å². The second-order valence-electron chi connectivity index (χ2n) is 25.3. The van der Waals surface area contributed by atoms with Crippen LogP contribution in [0.4, 0.5) is 0 Å². The highest BCUT2D eigenvalue weighted by Crippen LogP contribution is 2.33. The first kappa shape index (κ1) is 81.0.